The van der Waals surface area contributed by atoms with Gasteiger partial charge in [0.15, 0.2) is 5.69 Å². The van der Waals surface area contributed by atoms with Gasteiger partial charge >= 0.3 is 0 Å². The number of amides is 1. The van der Waals surface area contributed by atoms with E-state index in [1.807, 2.05) is 6.92 Å². The van der Waals surface area contributed by atoms with Crippen LogP contribution in [-0.2, 0) is 0 Å². The number of nitrogens with one attached hydrogen (secondary N) is 1. The first-order valence-electron chi connectivity index (χ1n) is 7.76. The molecule has 0 spiro atoms. The van der Waals surface area contributed by atoms with Crippen LogP contribution in [0.25, 0.3) is 5.69 Å². The van der Waals surface area contributed by atoms with Crippen molar-refractivity contribution in [2.24, 2.45) is 11.7 Å². The molecule has 1 saturated carbocycles. The SMILES string of the molecule is Cc1c(C(=O)NC(C)(CN)C2CC2)nnn1-c1ccc(F)c(Cl)c1.Cl. The second kappa shape index (κ2) is 7.27. The van der Waals surface area contributed by atoms with Crippen LogP contribution in [0.5, 0.6) is 0 Å². The van der Waals surface area contributed by atoms with Crippen LogP contribution in [0.2, 0.25) is 5.02 Å². The highest BCUT2D eigenvalue weighted by molar-refractivity contribution is 6.30. The zero-order valence-electron chi connectivity index (χ0n) is 13.9. The highest BCUT2D eigenvalue weighted by atomic mass is 35.5. The molecule has 3 N–H and O–H groups in total. The van der Waals surface area contributed by atoms with Crippen molar-refractivity contribution in [1.82, 2.24) is 20.3 Å². The summed E-state index contributed by atoms with van der Waals surface area (Å²) < 4.78 is 14.8. The third-order valence-corrected chi connectivity index (χ3v) is 4.85. The van der Waals surface area contributed by atoms with Crippen LogP contribution in [0.15, 0.2) is 18.2 Å². The van der Waals surface area contributed by atoms with E-state index in [-0.39, 0.29) is 29.0 Å². The summed E-state index contributed by atoms with van der Waals surface area (Å²) in [4.78, 5) is 12.6. The molecular formula is C16H20Cl2FN5O. The molecule has 1 aliphatic carbocycles. The second-order valence-electron chi connectivity index (χ2n) is 6.38. The van der Waals surface area contributed by atoms with E-state index >= 15 is 0 Å². The van der Waals surface area contributed by atoms with Crippen molar-refractivity contribution in [2.75, 3.05) is 6.54 Å². The minimum absolute atomic E-state index is 0. The molecular weight excluding hydrogens is 368 g/mol. The first-order chi connectivity index (χ1) is 11.4. The lowest BCUT2D eigenvalue weighted by atomic mass is 9.95. The molecule has 0 radical (unpaired) electrons. The van der Waals surface area contributed by atoms with Crippen molar-refractivity contribution >= 4 is 29.9 Å². The number of hydrogen-bond acceptors (Lipinski definition) is 4. The molecule has 0 saturated heterocycles. The van der Waals surface area contributed by atoms with Gasteiger partial charge in [-0.1, -0.05) is 16.8 Å². The minimum atomic E-state index is -0.515. The summed E-state index contributed by atoms with van der Waals surface area (Å²) >= 11 is 5.80. The fourth-order valence-electron chi connectivity index (χ4n) is 2.76. The van der Waals surface area contributed by atoms with Crippen LogP contribution >= 0.6 is 24.0 Å². The molecule has 1 aliphatic rings. The maximum atomic E-state index is 13.3. The normalized spacial score (nSPS) is 16.0. The van der Waals surface area contributed by atoms with Crippen LogP contribution in [0, 0.1) is 18.7 Å². The molecule has 1 aromatic carbocycles. The zero-order chi connectivity index (χ0) is 17.5. The molecule has 0 bridgehead atoms. The lowest BCUT2D eigenvalue weighted by molar-refractivity contribution is 0.0892. The van der Waals surface area contributed by atoms with Crippen molar-refractivity contribution < 1.29 is 9.18 Å². The first kappa shape index (κ1) is 19.6. The number of hydrogen-bond donors (Lipinski definition) is 2. The summed E-state index contributed by atoms with van der Waals surface area (Å²) in [5, 5.41) is 10.9. The summed E-state index contributed by atoms with van der Waals surface area (Å²) in [5.41, 5.74) is 6.70. The van der Waals surface area contributed by atoms with Crippen molar-refractivity contribution in [3.05, 3.63) is 40.4 Å². The number of carbonyl (C=O) groups is 1. The summed E-state index contributed by atoms with van der Waals surface area (Å²) in [6.45, 7) is 4.04. The summed E-state index contributed by atoms with van der Waals surface area (Å²) in [6.07, 6.45) is 2.13. The minimum Gasteiger partial charge on any atom is -0.344 e. The molecule has 1 aromatic heterocycles. The van der Waals surface area contributed by atoms with Gasteiger partial charge in [0.25, 0.3) is 5.91 Å². The maximum absolute atomic E-state index is 13.3. The van der Waals surface area contributed by atoms with E-state index in [0.717, 1.165) is 12.8 Å². The van der Waals surface area contributed by atoms with Crippen LogP contribution in [0.4, 0.5) is 4.39 Å². The van der Waals surface area contributed by atoms with E-state index in [1.165, 1.54) is 22.9 Å². The van der Waals surface area contributed by atoms with Gasteiger partial charge in [-0.25, -0.2) is 9.07 Å². The average Bonchev–Trinajstić information content (AvgIpc) is 3.33. The second-order valence-corrected chi connectivity index (χ2v) is 6.79. The Kier molecular flexibility index (Phi) is 5.71. The molecule has 136 valence electrons. The Morgan fingerprint density at radius 2 is 2.20 bits per heavy atom. The van der Waals surface area contributed by atoms with Gasteiger partial charge in [0.1, 0.15) is 5.82 Å². The first-order valence-corrected chi connectivity index (χ1v) is 8.14. The Morgan fingerprint density at radius 1 is 1.52 bits per heavy atom. The average molecular weight is 388 g/mol. The van der Waals surface area contributed by atoms with Gasteiger partial charge in [-0.3, -0.25) is 4.79 Å². The number of carbonyl (C=O) groups excluding carboxylic acids is 1. The van der Waals surface area contributed by atoms with Crippen LogP contribution in [-0.4, -0.2) is 33.0 Å². The highest BCUT2D eigenvalue weighted by Crippen LogP contribution is 2.39. The fourth-order valence-corrected chi connectivity index (χ4v) is 2.93. The molecule has 1 heterocycles. The van der Waals surface area contributed by atoms with Crippen molar-refractivity contribution in [3.8, 4) is 5.69 Å². The predicted octanol–water partition coefficient (Wildman–Crippen LogP) is 2.65. The van der Waals surface area contributed by atoms with Crippen molar-refractivity contribution in [1.29, 1.82) is 0 Å². The van der Waals surface area contributed by atoms with E-state index in [9.17, 15) is 9.18 Å². The van der Waals surface area contributed by atoms with Gasteiger partial charge in [0, 0.05) is 6.54 Å². The van der Waals surface area contributed by atoms with Crippen LogP contribution in [0.3, 0.4) is 0 Å². The van der Waals surface area contributed by atoms with E-state index in [1.54, 1.807) is 6.92 Å². The third-order valence-electron chi connectivity index (χ3n) is 4.56. The van der Waals surface area contributed by atoms with Crippen LogP contribution in [0.1, 0.15) is 35.9 Å². The lowest BCUT2D eigenvalue weighted by Gasteiger charge is -2.29. The standard InChI is InChI=1S/C16H19ClFN5O.ClH/c1-9-14(15(24)20-16(2,8-19)10-3-4-10)21-22-23(9)11-5-6-13(18)12(17)7-11;/h5-7,10H,3-4,8,19H2,1-2H3,(H,20,24);1H. The van der Waals surface area contributed by atoms with Crippen molar-refractivity contribution in [3.63, 3.8) is 0 Å². The third kappa shape index (κ3) is 3.78. The van der Waals surface area contributed by atoms with Gasteiger partial charge in [0.2, 0.25) is 0 Å². The van der Waals surface area contributed by atoms with Crippen molar-refractivity contribution in [2.45, 2.75) is 32.2 Å². The molecule has 0 aliphatic heterocycles. The number of halogens is 3. The molecule has 6 nitrogen and oxygen atoms in total. The maximum Gasteiger partial charge on any atom is 0.274 e. The Labute approximate surface area is 156 Å². The number of rotatable bonds is 5. The van der Waals surface area contributed by atoms with E-state index in [0.29, 0.717) is 23.8 Å². The van der Waals surface area contributed by atoms with Crippen LogP contribution < -0.4 is 11.1 Å². The Morgan fingerprint density at radius 3 is 2.76 bits per heavy atom. The van der Waals surface area contributed by atoms with Gasteiger partial charge < -0.3 is 11.1 Å². The zero-order valence-corrected chi connectivity index (χ0v) is 15.5. The van der Waals surface area contributed by atoms with E-state index < -0.39 is 11.4 Å². The summed E-state index contributed by atoms with van der Waals surface area (Å²) in [6, 6.07) is 4.21. The smallest absolute Gasteiger partial charge is 0.274 e. The predicted molar refractivity (Wildman–Crippen MR) is 96.0 cm³/mol. The fraction of sp³-hybridized carbons (Fsp3) is 0.438. The van der Waals surface area contributed by atoms with Gasteiger partial charge in [0.05, 0.1) is 21.9 Å². The topological polar surface area (TPSA) is 85.8 Å². The number of nitrogens with two attached hydrogens (primary N) is 1. The molecule has 1 atom stereocenters. The molecule has 1 amide bonds. The van der Waals surface area contributed by atoms with E-state index in [2.05, 4.69) is 15.6 Å². The monoisotopic (exact) mass is 387 g/mol. The Bertz CT molecular complexity index is 793. The van der Waals surface area contributed by atoms with Gasteiger partial charge in [-0.2, -0.15) is 0 Å². The molecule has 1 fully saturated rings. The Balaban J connectivity index is 0.00000225. The summed E-state index contributed by atoms with van der Waals surface area (Å²) in [7, 11) is 0. The summed E-state index contributed by atoms with van der Waals surface area (Å²) in [5.74, 6) is -0.427. The highest BCUT2D eigenvalue weighted by Gasteiger charge is 2.42. The molecule has 1 unspecified atom stereocenters. The largest absolute Gasteiger partial charge is 0.344 e. The molecule has 9 heteroatoms. The molecule has 25 heavy (non-hydrogen) atoms. The Hall–Kier alpha value is -1.70. The quantitative estimate of drug-likeness (QED) is 0.825. The number of aromatic nitrogens is 3. The van der Waals surface area contributed by atoms with E-state index in [4.69, 9.17) is 17.3 Å². The number of nitrogens with zero attached hydrogens (tertiary/aromatic N) is 3. The van der Waals surface area contributed by atoms with Gasteiger partial charge in [-0.15, -0.1) is 17.5 Å². The molecule has 3 rings (SSSR count). The number of benzene rings is 1. The van der Waals surface area contributed by atoms with Gasteiger partial charge in [-0.05, 0) is 50.8 Å². The molecule has 2 aromatic rings. The lowest BCUT2D eigenvalue weighted by Crippen LogP contribution is -2.53.